The van der Waals surface area contributed by atoms with Crippen molar-refractivity contribution in [1.82, 2.24) is 15.0 Å². The van der Waals surface area contributed by atoms with Gasteiger partial charge in [-0.2, -0.15) is 4.98 Å². The van der Waals surface area contributed by atoms with Crippen molar-refractivity contribution >= 4 is 15.7 Å². The molecule has 0 radical (unpaired) electrons. The number of sulfone groups is 1. The lowest BCUT2D eigenvalue weighted by atomic mass is 9.96. The lowest BCUT2D eigenvalue weighted by molar-refractivity contribution is -0.125. The van der Waals surface area contributed by atoms with E-state index in [0.717, 1.165) is 0 Å². The van der Waals surface area contributed by atoms with Gasteiger partial charge in [0.15, 0.2) is 15.7 Å². The van der Waals surface area contributed by atoms with Crippen LogP contribution in [0.25, 0.3) is 0 Å². The van der Waals surface area contributed by atoms with Crippen LogP contribution in [-0.2, 0) is 20.0 Å². The van der Waals surface area contributed by atoms with Crippen molar-refractivity contribution in [1.29, 1.82) is 0 Å². The van der Waals surface area contributed by atoms with E-state index in [9.17, 15) is 13.2 Å². The fraction of sp³-hybridized carbons (Fsp3) is 0.750. The summed E-state index contributed by atoms with van der Waals surface area (Å²) in [4.78, 5) is 16.9. The van der Waals surface area contributed by atoms with Crippen LogP contribution >= 0.6 is 0 Å². The van der Waals surface area contributed by atoms with Crippen molar-refractivity contribution in [2.75, 3.05) is 19.8 Å². The van der Waals surface area contributed by atoms with E-state index in [4.69, 9.17) is 4.52 Å². The van der Waals surface area contributed by atoms with Crippen molar-refractivity contribution in [3.05, 3.63) is 11.7 Å². The Kier molecular flexibility index (Phi) is 4.58. The van der Waals surface area contributed by atoms with Crippen LogP contribution in [0.3, 0.4) is 0 Å². The predicted octanol–water partition coefficient (Wildman–Crippen LogP) is 0.931. The Morgan fingerprint density at radius 3 is 2.30 bits per heavy atom. The van der Waals surface area contributed by atoms with Crippen LogP contribution in [0.1, 0.15) is 44.7 Å². The van der Waals surface area contributed by atoms with Crippen LogP contribution < -0.4 is 0 Å². The first-order valence-corrected chi connectivity index (χ1v) is 7.92. The van der Waals surface area contributed by atoms with Gasteiger partial charge < -0.3 is 9.42 Å². The largest absolute Gasteiger partial charge is 0.348 e. The average Bonchev–Trinajstić information content (AvgIpc) is 2.75. The summed E-state index contributed by atoms with van der Waals surface area (Å²) in [6.07, 6.45) is 0. The van der Waals surface area contributed by atoms with Crippen LogP contribution in [0.5, 0.6) is 0 Å². The summed E-state index contributed by atoms with van der Waals surface area (Å²) in [7, 11) is -0.663. The minimum Gasteiger partial charge on any atom is -0.348 e. The lowest BCUT2D eigenvalue weighted by Crippen LogP contribution is -2.31. The first-order chi connectivity index (χ1) is 8.95. The molecule has 1 rings (SSSR count). The number of amides is 1. The summed E-state index contributed by atoms with van der Waals surface area (Å²) >= 11 is 0. The zero-order chi connectivity index (χ0) is 15.7. The van der Waals surface area contributed by atoms with E-state index < -0.39 is 26.7 Å². The van der Waals surface area contributed by atoms with Gasteiger partial charge in [0.05, 0.1) is 0 Å². The van der Waals surface area contributed by atoms with E-state index in [1.54, 1.807) is 0 Å². The molecule has 1 aromatic heterocycles. The molecule has 1 heterocycles. The number of nitrogens with zero attached hydrogens (tertiary/aromatic N) is 3. The maximum atomic E-state index is 12.1. The van der Waals surface area contributed by atoms with Crippen LogP contribution in [-0.4, -0.2) is 49.2 Å². The molecule has 0 aliphatic rings. The maximum Gasteiger partial charge on any atom is 0.244 e. The number of rotatable bonds is 4. The fourth-order valence-electron chi connectivity index (χ4n) is 1.28. The number of aromatic nitrogens is 2. The third-order valence-corrected chi connectivity index (χ3v) is 4.75. The standard InChI is InChI=1S/C12H21N3O4S/c1-8(20(17,18)7-9(16)15(5)6)10-13-11(14-19-10)12(2,3)4/h8H,7H2,1-6H3. The Labute approximate surface area is 119 Å². The third kappa shape index (κ3) is 3.78. The highest BCUT2D eigenvalue weighted by Crippen LogP contribution is 2.25. The summed E-state index contributed by atoms with van der Waals surface area (Å²) < 4.78 is 29.3. The summed E-state index contributed by atoms with van der Waals surface area (Å²) in [6.45, 7) is 7.14. The number of carbonyl (C=O) groups excluding carboxylic acids is 1. The molecule has 20 heavy (non-hydrogen) atoms. The molecule has 1 unspecified atom stereocenters. The Bertz CT molecular complexity index is 584. The molecular weight excluding hydrogens is 282 g/mol. The fourth-order valence-corrected chi connectivity index (χ4v) is 2.54. The number of hydrogen-bond donors (Lipinski definition) is 0. The lowest BCUT2D eigenvalue weighted by Gasteiger charge is -2.13. The molecule has 0 N–H and O–H groups in total. The van der Waals surface area contributed by atoms with E-state index in [-0.39, 0.29) is 11.3 Å². The first kappa shape index (κ1) is 16.6. The van der Waals surface area contributed by atoms with Gasteiger partial charge in [-0.15, -0.1) is 0 Å². The molecule has 0 saturated heterocycles. The zero-order valence-electron chi connectivity index (χ0n) is 12.7. The van der Waals surface area contributed by atoms with Crippen molar-refractivity contribution in [3.63, 3.8) is 0 Å². The second-order valence-corrected chi connectivity index (χ2v) is 8.27. The minimum absolute atomic E-state index is 0.0153. The highest BCUT2D eigenvalue weighted by Gasteiger charge is 2.32. The average molecular weight is 303 g/mol. The van der Waals surface area contributed by atoms with Crippen molar-refractivity contribution in [2.45, 2.75) is 38.4 Å². The van der Waals surface area contributed by atoms with E-state index in [0.29, 0.717) is 5.82 Å². The first-order valence-electron chi connectivity index (χ1n) is 6.21. The van der Waals surface area contributed by atoms with Gasteiger partial charge in [-0.25, -0.2) is 8.42 Å². The maximum absolute atomic E-state index is 12.1. The van der Waals surface area contributed by atoms with Gasteiger partial charge in [0.1, 0.15) is 11.0 Å². The highest BCUT2D eigenvalue weighted by atomic mass is 32.2. The summed E-state index contributed by atoms with van der Waals surface area (Å²) in [5.74, 6) is -0.601. The monoisotopic (exact) mass is 303 g/mol. The normalized spacial score (nSPS) is 14.1. The number of hydrogen-bond acceptors (Lipinski definition) is 6. The second kappa shape index (κ2) is 5.51. The molecule has 0 aliphatic heterocycles. The molecule has 0 bridgehead atoms. The third-order valence-electron chi connectivity index (χ3n) is 2.82. The Morgan fingerprint density at radius 2 is 1.90 bits per heavy atom. The molecule has 0 aromatic carbocycles. The molecule has 0 aliphatic carbocycles. The zero-order valence-corrected chi connectivity index (χ0v) is 13.5. The summed E-state index contributed by atoms with van der Waals surface area (Å²) in [5.41, 5.74) is -0.329. The smallest absolute Gasteiger partial charge is 0.244 e. The second-order valence-electron chi connectivity index (χ2n) is 5.94. The van der Waals surface area contributed by atoms with E-state index >= 15 is 0 Å². The van der Waals surface area contributed by atoms with E-state index in [2.05, 4.69) is 10.1 Å². The topological polar surface area (TPSA) is 93.4 Å². The molecule has 1 atom stereocenters. The van der Waals surface area contributed by atoms with Gasteiger partial charge >= 0.3 is 0 Å². The van der Waals surface area contributed by atoms with Gasteiger partial charge in [-0.3, -0.25) is 4.79 Å². The van der Waals surface area contributed by atoms with Crippen LogP contribution in [0.2, 0.25) is 0 Å². The molecular formula is C12H21N3O4S. The van der Waals surface area contributed by atoms with Gasteiger partial charge in [0.2, 0.25) is 11.8 Å². The van der Waals surface area contributed by atoms with Crippen LogP contribution in [0.15, 0.2) is 4.52 Å². The molecule has 1 aromatic rings. The van der Waals surface area contributed by atoms with Crippen molar-refractivity contribution in [3.8, 4) is 0 Å². The molecule has 1 amide bonds. The Morgan fingerprint density at radius 1 is 1.35 bits per heavy atom. The van der Waals surface area contributed by atoms with E-state index in [1.807, 2.05) is 20.8 Å². The predicted molar refractivity (Wildman–Crippen MR) is 73.9 cm³/mol. The molecule has 7 nitrogen and oxygen atoms in total. The summed E-state index contributed by atoms with van der Waals surface area (Å²) in [5, 5.41) is 2.79. The molecule has 114 valence electrons. The quantitative estimate of drug-likeness (QED) is 0.821. The van der Waals surface area contributed by atoms with Gasteiger partial charge in [0.25, 0.3) is 0 Å². The van der Waals surface area contributed by atoms with Gasteiger partial charge in [-0.05, 0) is 6.92 Å². The van der Waals surface area contributed by atoms with Crippen molar-refractivity contribution < 1.29 is 17.7 Å². The van der Waals surface area contributed by atoms with Crippen LogP contribution in [0, 0.1) is 0 Å². The molecule has 0 fully saturated rings. The number of carbonyl (C=O) groups is 1. The minimum atomic E-state index is -3.68. The van der Waals surface area contributed by atoms with Gasteiger partial charge in [-0.1, -0.05) is 25.9 Å². The Hall–Kier alpha value is -1.44. The van der Waals surface area contributed by atoms with Crippen LogP contribution in [0.4, 0.5) is 0 Å². The SMILES string of the molecule is CC(c1nc(C(C)(C)C)no1)S(=O)(=O)CC(=O)N(C)C. The molecule has 0 spiro atoms. The van der Waals surface area contributed by atoms with Crippen molar-refractivity contribution in [2.24, 2.45) is 0 Å². The van der Waals surface area contributed by atoms with E-state index in [1.165, 1.54) is 25.9 Å². The Balaban J connectivity index is 2.97. The highest BCUT2D eigenvalue weighted by molar-refractivity contribution is 7.92. The molecule has 0 saturated carbocycles. The van der Waals surface area contributed by atoms with Gasteiger partial charge in [0, 0.05) is 19.5 Å². The molecule has 8 heteroatoms. The summed E-state index contributed by atoms with van der Waals surface area (Å²) in [6, 6.07) is 0.